The summed E-state index contributed by atoms with van der Waals surface area (Å²) >= 11 is 0. The second-order valence-electron chi connectivity index (χ2n) is 3.76. The Kier molecular flexibility index (Phi) is 5.16. The largest absolute Gasteiger partial charge is 0.344 e. The van der Waals surface area contributed by atoms with Gasteiger partial charge in [0, 0.05) is 19.1 Å². The van der Waals surface area contributed by atoms with Crippen LogP contribution in [0.25, 0.3) is 0 Å². The number of nitrogens with zero attached hydrogens (tertiary/aromatic N) is 1. The SMILES string of the molecule is C#CCNC(=O)CN(CCC)C1CNC1. The number of carbonyl (C=O) groups is 1. The van der Waals surface area contributed by atoms with Crippen LogP contribution in [-0.4, -0.2) is 49.6 Å². The summed E-state index contributed by atoms with van der Waals surface area (Å²) in [5, 5.41) is 5.90. The van der Waals surface area contributed by atoms with E-state index in [1.165, 1.54) is 0 Å². The molecule has 0 radical (unpaired) electrons. The number of amides is 1. The molecule has 0 unspecified atom stereocenters. The number of hydrogen-bond acceptors (Lipinski definition) is 3. The van der Waals surface area contributed by atoms with Crippen molar-refractivity contribution in [3.8, 4) is 12.3 Å². The Balaban J connectivity index is 2.29. The maximum absolute atomic E-state index is 11.5. The molecule has 0 aromatic rings. The molecule has 2 N–H and O–H groups in total. The van der Waals surface area contributed by atoms with E-state index in [1.807, 2.05) is 0 Å². The predicted molar refractivity (Wildman–Crippen MR) is 60.4 cm³/mol. The first-order chi connectivity index (χ1) is 7.27. The van der Waals surface area contributed by atoms with E-state index < -0.39 is 0 Å². The van der Waals surface area contributed by atoms with Crippen LogP contribution >= 0.6 is 0 Å². The zero-order valence-corrected chi connectivity index (χ0v) is 9.25. The van der Waals surface area contributed by atoms with Crippen molar-refractivity contribution in [3.63, 3.8) is 0 Å². The van der Waals surface area contributed by atoms with Gasteiger partial charge in [0.05, 0.1) is 13.1 Å². The molecule has 0 aromatic heterocycles. The molecule has 1 aliphatic heterocycles. The minimum Gasteiger partial charge on any atom is -0.344 e. The van der Waals surface area contributed by atoms with Gasteiger partial charge in [-0.2, -0.15) is 0 Å². The maximum atomic E-state index is 11.5. The molecule has 0 bridgehead atoms. The molecule has 1 rings (SSSR count). The van der Waals surface area contributed by atoms with Crippen molar-refractivity contribution in [2.45, 2.75) is 19.4 Å². The lowest BCUT2D eigenvalue weighted by atomic mass is 10.1. The van der Waals surface area contributed by atoms with Gasteiger partial charge in [-0.1, -0.05) is 12.8 Å². The Morgan fingerprint density at radius 1 is 1.67 bits per heavy atom. The summed E-state index contributed by atoms with van der Waals surface area (Å²) < 4.78 is 0. The fourth-order valence-electron chi connectivity index (χ4n) is 1.60. The summed E-state index contributed by atoms with van der Waals surface area (Å²) in [6.07, 6.45) is 6.14. The minimum absolute atomic E-state index is 0.0216. The van der Waals surface area contributed by atoms with Crippen LogP contribution in [0.15, 0.2) is 0 Å². The quantitative estimate of drug-likeness (QED) is 0.575. The Morgan fingerprint density at radius 3 is 2.87 bits per heavy atom. The Hall–Kier alpha value is -1.05. The number of nitrogens with one attached hydrogen (secondary N) is 2. The summed E-state index contributed by atoms with van der Waals surface area (Å²) in [7, 11) is 0. The molecule has 84 valence electrons. The van der Waals surface area contributed by atoms with Gasteiger partial charge >= 0.3 is 0 Å². The van der Waals surface area contributed by atoms with E-state index in [1.54, 1.807) is 0 Å². The molecule has 4 nitrogen and oxygen atoms in total. The third-order valence-corrected chi connectivity index (χ3v) is 2.52. The van der Waals surface area contributed by atoms with E-state index in [2.05, 4.69) is 28.4 Å². The predicted octanol–water partition coefficient (Wildman–Crippen LogP) is -0.580. The van der Waals surface area contributed by atoms with E-state index in [-0.39, 0.29) is 5.91 Å². The second-order valence-corrected chi connectivity index (χ2v) is 3.76. The van der Waals surface area contributed by atoms with E-state index in [0.717, 1.165) is 26.1 Å². The summed E-state index contributed by atoms with van der Waals surface area (Å²) in [5.41, 5.74) is 0. The average Bonchev–Trinajstić information content (AvgIpc) is 2.12. The normalized spacial score (nSPS) is 15.8. The molecule has 15 heavy (non-hydrogen) atoms. The zero-order chi connectivity index (χ0) is 11.1. The van der Waals surface area contributed by atoms with Crippen molar-refractivity contribution >= 4 is 5.91 Å². The molecule has 1 fully saturated rings. The minimum atomic E-state index is 0.0216. The van der Waals surface area contributed by atoms with E-state index >= 15 is 0 Å². The van der Waals surface area contributed by atoms with Crippen molar-refractivity contribution in [2.75, 3.05) is 32.7 Å². The van der Waals surface area contributed by atoms with E-state index in [4.69, 9.17) is 6.42 Å². The molecule has 1 saturated heterocycles. The number of hydrogen-bond donors (Lipinski definition) is 2. The Morgan fingerprint density at radius 2 is 2.40 bits per heavy atom. The van der Waals surface area contributed by atoms with Crippen molar-refractivity contribution in [1.82, 2.24) is 15.5 Å². The fourth-order valence-corrected chi connectivity index (χ4v) is 1.60. The van der Waals surface area contributed by atoms with Crippen LogP contribution in [-0.2, 0) is 4.79 Å². The van der Waals surface area contributed by atoms with Crippen LogP contribution in [0.1, 0.15) is 13.3 Å². The lowest BCUT2D eigenvalue weighted by Gasteiger charge is -2.37. The maximum Gasteiger partial charge on any atom is 0.234 e. The van der Waals surface area contributed by atoms with Gasteiger partial charge in [-0.25, -0.2) is 0 Å². The highest BCUT2D eigenvalue weighted by Gasteiger charge is 2.25. The molecule has 1 heterocycles. The van der Waals surface area contributed by atoms with Crippen molar-refractivity contribution in [1.29, 1.82) is 0 Å². The number of carbonyl (C=O) groups excluding carboxylic acids is 1. The molecule has 4 heteroatoms. The number of rotatable bonds is 6. The van der Waals surface area contributed by atoms with Crippen molar-refractivity contribution < 1.29 is 4.79 Å². The summed E-state index contributed by atoms with van der Waals surface area (Å²) in [4.78, 5) is 13.7. The van der Waals surface area contributed by atoms with Gasteiger partial charge in [0.2, 0.25) is 5.91 Å². The zero-order valence-electron chi connectivity index (χ0n) is 9.25. The number of terminal acetylenes is 1. The molecule has 0 atom stereocenters. The van der Waals surface area contributed by atoms with Gasteiger partial charge in [0.25, 0.3) is 0 Å². The van der Waals surface area contributed by atoms with Gasteiger partial charge in [0.1, 0.15) is 0 Å². The first-order valence-electron chi connectivity index (χ1n) is 5.42. The molecule has 1 aliphatic rings. The van der Waals surface area contributed by atoms with Crippen LogP contribution in [0.4, 0.5) is 0 Å². The molecular weight excluding hydrogens is 190 g/mol. The third kappa shape index (κ3) is 3.90. The monoisotopic (exact) mass is 209 g/mol. The Labute approximate surface area is 91.4 Å². The third-order valence-electron chi connectivity index (χ3n) is 2.52. The summed E-state index contributed by atoms with van der Waals surface area (Å²) in [6, 6.07) is 0.515. The standard InChI is InChI=1S/C11H19N3O/c1-3-5-13-11(15)9-14(6-4-2)10-7-12-8-10/h1,10,12H,4-9H2,2H3,(H,13,15). The van der Waals surface area contributed by atoms with Crippen molar-refractivity contribution in [2.24, 2.45) is 0 Å². The second kappa shape index (κ2) is 6.44. The summed E-state index contributed by atoms with van der Waals surface area (Å²) in [5.74, 6) is 2.42. The fraction of sp³-hybridized carbons (Fsp3) is 0.727. The molecule has 0 aliphatic carbocycles. The molecule has 0 saturated carbocycles. The van der Waals surface area contributed by atoms with Gasteiger partial charge in [-0.05, 0) is 13.0 Å². The van der Waals surface area contributed by atoms with Crippen LogP contribution in [0, 0.1) is 12.3 Å². The van der Waals surface area contributed by atoms with Crippen LogP contribution in [0.3, 0.4) is 0 Å². The van der Waals surface area contributed by atoms with Crippen LogP contribution < -0.4 is 10.6 Å². The van der Waals surface area contributed by atoms with Gasteiger partial charge < -0.3 is 10.6 Å². The molecule has 0 spiro atoms. The van der Waals surface area contributed by atoms with Gasteiger partial charge in [-0.15, -0.1) is 6.42 Å². The van der Waals surface area contributed by atoms with Crippen molar-refractivity contribution in [3.05, 3.63) is 0 Å². The first-order valence-corrected chi connectivity index (χ1v) is 5.42. The van der Waals surface area contributed by atoms with E-state index in [9.17, 15) is 4.79 Å². The first kappa shape index (κ1) is 12.0. The van der Waals surface area contributed by atoms with Gasteiger partial charge in [0.15, 0.2) is 0 Å². The highest BCUT2D eigenvalue weighted by Crippen LogP contribution is 2.05. The highest BCUT2D eigenvalue weighted by atomic mass is 16.2. The van der Waals surface area contributed by atoms with Gasteiger partial charge in [-0.3, -0.25) is 9.69 Å². The smallest absolute Gasteiger partial charge is 0.234 e. The lowest BCUT2D eigenvalue weighted by Crippen LogP contribution is -2.59. The summed E-state index contributed by atoms with van der Waals surface area (Å²) in [6.45, 7) is 5.85. The molecular formula is C11H19N3O. The molecule has 0 aromatic carbocycles. The highest BCUT2D eigenvalue weighted by molar-refractivity contribution is 5.78. The van der Waals surface area contributed by atoms with Crippen LogP contribution in [0.5, 0.6) is 0 Å². The topological polar surface area (TPSA) is 44.4 Å². The molecule has 1 amide bonds. The van der Waals surface area contributed by atoms with Crippen LogP contribution in [0.2, 0.25) is 0 Å². The van der Waals surface area contributed by atoms with E-state index in [0.29, 0.717) is 19.1 Å². The average molecular weight is 209 g/mol. The lowest BCUT2D eigenvalue weighted by molar-refractivity contribution is -0.122. The Bertz CT molecular complexity index is 243.